The largest absolute Gasteiger partial charge is 0.494 e. The fraction of sp³-hybridized carbons (Fsp3) is 0.588. The number of unbranched alkanes of at least 4 members (excludes halogenated alkanes) is 1. The molecule has 25 heavy (non-hydrogen) atoms. The third kappa shape index (κ3) is 8.07. The summed E-state index contributed by atoms with van der Waals surface area (Å²) in [5, 5.41) is 6.35. The van der Waals surface area contributed by atoms with Crippen LogP contribution in [0.25, 0.3) is 0 Å². The topological polar surface area (TPSA) is 84.5 Å². The summed E-state index contributed by atoms with van der Waals surface area (Å²) in [5.74, 6) is 0.751. The number of amides is 1. The number of nitrogens with one attached hydrogen (secondary N) is 2. The molecule has 0 spiro atoms. The fourth-order valence-corrected chi connectivity index (χ4v) is 3.26. The van der Waals surface area contributed by atoms with Crippen molar-refractivity contribution in [2.75, 3.05) is 26.0 Å². The van der Waals surface area contributed by atoms with Gasteiger partial charge in [0.15, 0.2) is 9.84 Å². The minimum Gasteiger partial charge on any atom is -0.494 e. The van der Waals surface area contributed by atoms with E-state index in [1.54, 1.807) is 12.1 Å². The molecule has 142 valence electrons. The van der Waals surface area contributed by atoms with E-state index in [9.17, 15) is 13.2 Å². The van der Waals surface area contributed by atoms with Gasteiger partial charge in [0.2, 0.25) is 5.91 Å². The van der Waals surface area contributed by atoms with E-state index in [2.05, 4.69) is 10.6 Å². The van der Waals surface area contributed by atoms with Crippen molar-refractivity contribution in [3.05, 3.63) is 24.3 Å². The first-order chi connectivity index (χ1) is 11.4. The molecule has 2 N–H and O–H groups in total. The Balaban J connectivity index is 0.00000312. The molecule has 0 saturated carbocycles. The van der Waals surface area contributed by atoms with Crippen molar-refractivity contribution < 1.29 is 17.9 Å². The second-order valence-electron chi connectivity index (χ2n) is 6.14. The van der Waals surface area contributed by atoms with Gasteiger partial charge in [0, 0.05) is 18.7 Å². The molecule has 2 rings (SSSR count). The number of hydrogen-bond donors (Lipinski definition) is 2. The molecule has 1 aliphatic heterocycles. The first-order valence-corrected chi connectivity index (χ1v) is 10.3. The van der Waals surface area contributed by atoms with Crippen molar-refractivity contribution in [1.29, 1.82) is 0 Å². The number of hydrogen-bond acceptors (Lipinski definition) is 5. The van der Waals surface area contributed by atoms with E-state index in [0.29, 0.717) is 24.8 Å². The summed E-state index contributed by atoms with van der Waals surface area (Å²) < 4.78 is 28.3. The van der Waals surface area contributed by atoms with Crippen molar-refractivity contribution in [3.8, 4) is 5.75 Å². The molecular weight excluding hydrogens is 364 g/mol. The zero-order chi connectivity index (χ0) is 17.4. The van der Waals surface area contributed by atoms with Crippen molar-refractivity contribution >= 4 is 28.2 Å². The van der Waals surface area contributed by atoms with Gasteiger partial charge in [-0.25, -0.2) is 8.42 Å². The molecule has 0 radical (unpaired) electrons. The number of halogens is 1. The van der Waals surface area contributed by atoms with Crippen LogP contribution in [0.15, 0.2) is 29.2 Å². The molecule has 8 heteroatoms. The molecule has 0 atom stereocenters. The van der Waals surface area contributed by atoms with Crippen LogP contribution in [0.5, 0.6) is 5.75 Å². The maximum absolute atomic E-state index is 11.8. The SMILES string of the molecule is CS(=O)(=O)c1ccc(OCCCCC(=O)NC2CCNCC2)cc1.Cl. The highest BCUT2D eigenvalue weighted by atomic mass is 35.5. The number of benzene rings is 1. The Kier molecular flexibility index (Phi) is 9.24. The fourth-order valence-electron chi connectivity index (χ4n) is 2.63. The van der Waals surface area contributed by atoms with E-state index in [-0.39, 0.29) is 23.2 Å². The highest BCUT2D eigenvalue weighted by Gasteiger charge is 2.14. The maximum Gasteiger partial charge on any atom is 0.220 e. The van der Waals surface area contributed by atoms with Crippen molar-refractivity contribution in [2.45, 2.75) is 43.0 Å². The van der Waals surface area contributed by atoms with Crippen LogP contribution in [0.3, 0.4) is 0 Å². The van der Waals surface area contributed by atoms with Gasteiger partial charge in [0.25, 0.3) is 0 Å². The summed E-state index contributed by atoms with van der Waals surface area (Å²) in [7, 11) is -3.17. The minimum atomic E-state index is -3.17. The third-order valence-corrected chi connectivity index (χ3v) is 5.15. The average molecular weight is 391 g/mol. The third-order valence-electron chi connectivity index (χ3n) is 4.02. The summed E-state index contributed by atoms with van der Waals surface area (Å²) in [6.45, 7) is 2.45. The second-order valence-corrected chi connectivity index (χ2v) is 8.16. The van der Waals surface area contributed by atoms with Gasteiger partial charge in [-0.1, -0.05) is 0 Å². The van der Waals surface area contributed by atoms with Crippen LogP contribution in [0.1, 0.15) is 32.1 Å². The summed E-state index contributed by atoms with van der Waals surface area (Å²) in [6.07, 6.45) is 5.25. The lowest BCUT2D eigenvalue weighted by Crippen LogP contribution is -2.42. The zero-order valence-corrected chi connectivity index (χ0v) is 16.1. The summed E-state index contributed by atoms with van der Waals surface area (Å²) in [6, 6.07) is 6.69. The first-order valence-electron chi connectivity index (χ1n) is 8.38. The van der Waals surface area contributed by atoms with Crippen molar-refractivity contribution in [2.24, 2.45) is 0 Å². The van der Waals surface area contributed by atoms with Crippen LogP contribution in [-0.2, 0) is 14.6 Å². The quantitative estimate of drug-likeness (QED) is 0.662. The van der Waals surface area contributed by atoms with Crippen LogP contribution in [0.4, 0.5) is 0 Å². The van der Waals surface area contributed by atoms with Crippen molar-refractivity contribution in [3.63, 3.8) is 0 Å². The van der Waals surface area contributed by atoms with E-state index < -0.39 is 9.84 Å². The summed E-state index contributed by atoms with van der Waals surface area (Å²) in [5.41, 5.74) is 0. The number of piperidine rings is 1. The van der Waals surface area contributed by atoms with E-state index in [4.69, 9.17) is 4.74 Å². The number of sulfone groups is 1. The van der Waals surface area contributed by atoms with Crippen LogP contribution < -0.4 is 15.4 Å². The Labute approximate surface area is 156 Å². The molecule has 6 nitrogen and oxygen atoms in total. The smallest absolute Gasteiger partial charge is 0.220 e. The van der Waals surface area contributed by atoms with E-state index in [1.165, 1.54) is 18.4 Å². The van der Waals surface area contributed by atoms with Gasteiger partial charge in [0.1, 0.15) is 5.75 Å². The summed E-state index contributed by atoms with van der Waals surface area (Å²) in [4.78, 5) is 12.1. The van der Waals surface area contributed by atoms with Crippen LogP contribution in [0.2, 0.25) is 0 Å². The molecule has 1 aromatic carbocycles. The van der Waals surface area contributed by atoms with E-state index in [0.717, 1.165) is 38.8 Å². The number of carbonyl (C=O) groups excluding carboxylic acids is 1. The normalized spacial score (nSPS) is 15.2. The predicted molar refractivity (Wildman–Crippen MR) is 100 cm³/mol. The predicted octanol–water partition coefficient (Wildman–Crippen LogP) is 1.93. The molecule has 1 saturated heterocycles. The maximum atomic E-state index is 11.8. The Morgan fingerprint density at radius 3 is 2.44 bits per heavy atom. The molecule has 0 aromatic heterocycles. The molecule has 0 unspecified atom stereocenters. The van der Waals surface area contributed by atoms with Gasteiger partial charge in [-0.15, -0.1) is 12.4 Å². The first kappa shape index (κ1) is 21.7. The zero-order valence-electron chi connectivity index (χ0n) is 14.5. The van der Waals surface area contributed by atoms with Gasteiger partial charge in [-0.2, -0.15) is 0 Å². The number of carbonyl (C=O) groups is 1. The Morgan fingerprint density at radius 1 is 1.20 bits per heavy atom. The molecule has 1 aliphatic rings. The van der Waals surface area contributed by atoms with Gasteiger partial charge < -0.3 is 15.4 Å². The van der Waals surface area contributed by atoms with Gasteiger partial charge in [-0.05, 0) is 63.0 Å². The minimum absolute atomic E-state index is 0. The van der Waals surface area contributed by atoms with Crippen LogP contribution in [0, 0.1) is 0 Å². The van der Waals surface area contributed by atoms with Crippen LogP contribution in [-0.4, -0.2) is 46.3 Å². The van der Waals surface area contributed by atoms with Gasteiger partial charge >= 0.3 is 0 Å². The lowest BCUT2D eigenvalue weighted by atomic mass is 10.1. The highest BCUT2D eigenvalue weighted by molar-refractivity contribution is 7.90. The van der Waals surface area contributed by atoms with Crippen molar-refractivity contribution in [1.82, 2.24) is 10.6 Å². The molecule has 1 aromatic rings. The Bertz CT molecular complexity index is 629. The molecular formula is C17H27ClN2O4S. The monoisotopic (exact) mass is 390 g/mol. The molecule has 1 amide bonds. The lowest BCUT2D eigenvalue weighted by Gasteiger charge is -2.23. The Morgan fingerprint density at radius 2 is 1.84 bits per heavy atom. The highest BCUT2D eigenvalue weighted by Crippen LogP contribution is 2.16. The van der Waals surface area contributed by atoms with E-state index in [1.807, 2.05) is 0 Å². The van der Waals surface area contributed by atoms with Gasteiger partial charge in [0.05, 0.1) is 11.5 Å². The number of ether oxygens (including phenoxy) is 1. The number of rotatable bonds is 8. The standard InChI is InChI=1S/C17H26N2O4S.ClH/c1-24(21,22)16-7-5-15(6-8-16)23-13-3-2-4-17(20)19-14-9-11-18-12-10-14;/h5-8,14,18H,2-4,9-13H2,1H3,(H,19,20);1H. The Hall–Kier alpha value is -1.31. The average Bonchev–Trinajstić information content (AvgIpc) is 2.55. The van der Waals surface area contributed by atoms with E-state index >= 15 is 0 Å². The lowest BCUT2D eigenvalue weighted by molar-refractivity contribution is -0.122. The molecule has 0 bridgehead atoms. The van der Waals surface area contributed by atoms with Crippen LogP contribution >= 0.6 is 12.4 Å². The summed E-state index contributed by atoms with van der Waals surface area (Å²) >= 11 is 0. The molecule has 1 fully saturated rings. The molecule has 1 heterocycles. The second kappa shape index (κ2) is 10.6. The van der Waals surface area contributed by atoms with Gasteiger partial charge in [-0.3, -0.25) is 4.79 Å². The molecule has 0 aliphatic carbocycles.